The molecule has 0 saturated heterocycles. The molecule has 2 amide bonds. The maximum atomic E-state index is 11.4. The van der Waals surface area contributed by atoms with Crippen LogP contribution < -0.4 is 10.6 Å². The van der Waals surface area contributed by atoms with E-state index >= 15 is 0 Å². The molecule has 71 valence electrons. The van der Waals surface area contributed by atoms with Gasteiger partial charge in [0.1, 0.15) is 0 Å². The van der Waals surface area contributed by atoms with Crippen LogP contribution in [0.1, 0.15) is 10.4 Å². The molecule has 0 saturated carbocycles. The molecule has 4 nitrogen and oxygen atoms in total. The number of hydrogen-bond donors (Lipinski definition) is 2. The summed E-state index contributed by atoms with van der Waals surface area (Å²) in [5.41, 5.74) is 1.18. The van der Waals surface area contributed by atoms with Crippen molar-refractivity contribution in [1.82, 2.24) is 5.32 Å². The average molecular weight is 296 g/mol. The Kier molecular flexibility index (Phi) is 4.45. The van der Waals surface area contributed by atoms with Gasteiger partial charge < -0.3 is 0 Å². The Balaban J connectivity index is 2.82. The van der Waals surface area contributed by atoms with Gasteiger partial charge in [0, 0.05) is 0 Å². The summed E-state index contributed by atoms with van der Waals surface area (Å²) in [6.45, 7) is 0. The van der Waals surface area contributed by atoms with Crippen molar-refractivity contribution >= 4 is 40.5 Å². The second-order valence-corrected chi connectivity index (χ2v) is 3.53. The molecule has 2 N–H and O–H groups in total. The number of amides is 2. The van der Waals surface area contributed by atoms with E-state index in [-0.39, 0.29) is 5.91 Å². The molecule has 0 fully saturated rings. The van der Waals surface area contributed by atoms with Crippen molar-refractivity contribution in [3.05, 3.63) is 29.8 Å². The van der Waals surface area contributed by atoms with Crippen LogP contribution in [0.25, 0.3) is 0 Å². The van der Waals surface area contributed by atoms with E-state index in [2.05, 4.69) is 10.6 Å². The zero-order valence-corrected chi connectivity index (χ0v) is 10.3. The van der Waals surface area contributed by atoms with Gasteiger partial charge in [0.15, 0.2) is 0 Å². The van der Waals surface area contributed by atoms with Gasteiger partial charge in [-0.15, -0.1) is 0 Å². The van der Waals surface area contributed by atoms with Crippen molar-refractivity contribution in [1.29, 1.82) is 0 Å². The first kappa shape index (κ1) is 11.0. The number of nitrogens with one attached hydrogen (secondary N) is 2. The van der Waals surface area contributed by atoms with Crippen molar-refractivity contribution < 1.29 is 9.59 Å². The molecule has 1 aromatic rings. The normalized spacial score (nSPS) is 9.21. The molecule has 5 heteroatoms. The quantitative estimate of drug-likeness (QED) is 0.612. The summed E-state index contributed by atoms with van der Waals surface area (Å²) in [6, 6.07) is 6.79. The monoisotopic (exact) mass is 297 g/mol. The van der Waals surface area contributed by atoms with Crippen molar-refractivity contribution in [2.24, 2.45) is 0 Å². The summed E-state index contributed by atoms with van der Waals surface area (Å²) in [5.74, 6) is -0.114. The summed E-state index contributed by atoms with van der Waals surface area (Å²) in [4.78, 5) is 21.6. The van der Waals surface area contributed by atoms with E-state index in [0.717, 1.165) is 0 Å². The van der Waals surface area contributed by atoms with Crippen LogP contribution in [0.15, 0.2) is 24.3 Å². The summed E-state index contributed by atoms with van der Waals surface area (Å²) in [7, 11) is 0. The van der Waals surface area contributed by atoms with Gasteiger partial charge >= 0.3 is 95.1 Å². The van der Waals surface area contributed by atoms with Gasteiger partial charge in [-0.1, -0.05) is 0 Å². The topological polar surface area (TPSA) is 58.2 Å². The molecular weight excluding hydrogens is 287 g/mol. The second kappa shape index (κ2) is 5.64. The van der Waals surface area contributed by atoms with Crippen molar-refractivity contribution in [3.63, 3.8) is 0 Å². The molecule has 0 heterocycles. The zero-order chi connectivity index (χ0) is 10.4. The van der Waals surface area contributed by atoms with Crippen LogP contribution >= 0.6 is 0 Å². The van der Waals surface area contributed by atoms with E-state index in [9.17, 15) is 9.59 Å². The number of benzene rings is 1. The van der Waals surface area contributed by atoms with E-state index in [1.54, 1.807) is 24.3 Å². The van der Waals surface area contributed by atoms with Crippen molar-refractivity contribution in [2.45, 2.75) is 0 Å². The SMILES string of the molecule is O=CNc1cccc(C(=O)N[CH2][Sn])c1. The molecular formula is C9H9N2O2Sn. The Hall–Kier alpha value is -1.04. The van der Waals surface area contributed by atoms with Crippen LogP contribution in [-0.2, 0) is 4.79 Å². The van der Waals surface area contributed by atoms with Crippen LogP contribution in [0.5, 0.6) is 0 Å². The fourth-order valence-electron chi connectivity index (χ4n) is 1.00. The van der Waals surface area contributed by atoms with Gasteiger partial charge in [0.2, 0.25) is 0 Å². The molecule has 0 bridgehead atoms. The second-order valence-electron chi connectivity index (χ2n) is 2.53. The van der Waals surface area contributed by atoms with E-state index in [0.29, 0.717) is 22.2 Å². The van der Waals surface area contributed by atoms with Gasteiger partial charge in [-0.2, -0.15) is 0 Å². The third-order valence-corrected chi connectivity index (χ3v) is 2.10. The standard InChI is InChI=1S/C9H9N2O2.Sn/c1-10-9(13)7-3-2-4-8(5-7)11-6-12;/h2-6H,1H2,(H,10,13)(H,11,12);. The predicted octanol–water partition coefficient (Wildman–Crippen LogP) is 0.111. The van der Waals surface area contributed by atoms with Gasteiger partial charge in [0.05, 0.1) is 0 Å². The predicted molar refractivity (Wildman–Crippen MR) is 54.2 cm³/mol. The first-order valence-corrected chi connectivity index (χ1v) is 6.03. The first-order chi connectivity index (χ1) is 6.77. The molecule has 1 aromatic carbocycles. The zero-order valence-electron chi connectivity index (χ0n) is 7.41. The van der Waals surface area contributed by atoms with Gasteiger partial charge in [-0.25, -0.2) is 0 Å². The molecule has 0 aliphatic carbocycles. The first-order valence-electron chi connectivity index (χ1n) is 4.01. The average Bonchev–Trinajstić information content (AvgIpc) is 2.19. The summed E-state index contributed by atoms with van der Waals surface area (Å²) in [6.07, 6.45) is 0.585. The maximum absolute atomic E-state index is 11.4. The third-order valence-electron chi connectivity index (χ3n) is 1.60. The number of carbonyl (C=O) groups excluding carboxylic acids is 2. The fraction of sp³-hybridized carbons (Fsp3) is 0.111. The Morgan fingerprint density at radius 1 is 1.50 bits per heavy atom. The summed E-state index contributed by atoms with van der Waals surface area (Å²) in [5, 5.41) is 5.21. The van der Waals surface area contributed by atoms with Crippen LogP contribution in [-0.4, -0.2) is 39.4 Å². The minimum absolute atomic E-state index is 0.114. The Bertz CT molecular complexity index is 341. The van der Waals surface area contributed by atoms with E-state index in [1.807, 2.05) is 0 Å². The fourth-order valence-corrected chi connectivity index (χ4v) is 1.46. The molecule has 0 spiro atoms. The van der Waals surface area contributed by atoms with Gasteiger partial charge in [-0.05, 0) is 0 Å². The molecule has 0 unspecified atom stereocenters. The summed E-state index contributed by atoms with van der Waals surface area (Å²) < 4.78 is 0.677. The molecule has 0 aromatic heterocycles. The van der Waals surface area contributed by atoms with Crippen LogP contribution in [0, 0.1) is 0 Å². The van der Waals surface area contributed by atoms with Crippen molar-refractivity contribution in [3.8, 4) is 0 Å². The Morgan fingerprint density at radius 3 is 2.93 bits per heavy atom. The molecule has 0 atom stereocenters. The van der Waals surface area contributed by atoms with E-state index in [4.69, 9.17) is 0 Å². The molecule has 0 aliphatic heterocycles. The van der Waals surface area contributed by atoms with Crippen molar-refractivity contribution in [2.75, 3.05) is 9.88 Å². The summed E-state index contributed by atoms with van der Waals surface area (Å²) >= 11 is 1.26. The Labute approximate surface area is 95.2 Å². The molecule has 3 radical (unpaired) electrons. The van der Waals surface area contributed by atoms with Crippen LogP contribution in [0.4, 0.5) is 5.69 Å². The molecule has 14 heavy (non-hydrogen) atoms. The Morgan fingerprint density at radius 2 is 2.29 bits per heavy atom. The van der Waals surface area contributed by atoms with Crippen LogP contribution in [0.2, 0.25) is 0 Å². The van der Waals surface area contributed by atoms with E-state index < -0.39 is 0 Å². The van der Waals surface area contributed by atoms with Crippen LogP contribution in [0.3, 0.4) is 0 Å². The molecule has 1 rings (SSSR count). The van der Waals surface area contributed by atoms with E-state index in [1.165, 1.54) is 22.5 Å². The number of carbonyl (C=O) groups is 2. The van der Waals surface area contributed by atoms with Gasteiger partial charge in [0.25, 0.3) is 0 Å². The third kappa shape index (κ3) is 3.02. The molecule has 0 aliphatic rings. The minimum atomic E-state index is -0.114. The number of rotatable bonds is 4. The number of hydrogen-bond acceptors (Lipinski definition) is 2. The van der Waals surface area contributed by atoms with Gasteiger partial charge in [-0.3, -0.25) is 0 Å². The number of anilines is 1.